The van der Waals surface area contributed by atoms with Gasteiger partial charge in [-0.1, -0.05) is 42.8 Å². The van der Waals surface area contributed by atoms with Crippen LogP contribution in [0.4, 0.5) is 0 Å². The van der Waals surface area contributed by atoms with Crippen LogP contribution in [0.2, 0.25) is 5.02 Å². The van der Waals surface area contributed by atoms with Gasteiger partial charge >= 0.3 is 0 Å². The van der Waals surface area contributed by atoms with Crippen LogP contribution in [0, 0.1) is 0 Å². The summed E-state index contributed by atoms with van der Waals surface area (Å²) in [5, 5.41) is 0.740. The molecular weight excluding hydrogens is 208 g/mol. The van der Waals surface area contributed by atoms with Crippen LogP contribution in [0.3, 0.4) is 0 Å². The Morgan fingerprint density at radius 3 is 2.53 bits per heavy atom. The van der Waals surface area contributed by atoms with Crippen LogP contribution in [0.15, 0.2) is 36.4 Å². The summed E-state index contributed by atoms with van der Waals surface area (Å²) in [6, 6.07) is 7.83. The molecule has 1 atom stereocenters. The van der Waals surface area contributed by atoms with Gasteiger partial charge in [0.25, 0.3) is 0 Å². The van der Waals surface area contributed by atoms with E-state index in [1.54, 1.807) is 0 Å². The number of rotatable bonds is 5. The Morgan fingerprint density at radius 2 is 2.07 bits per heavy atom. The molecule has 1 unspecified atom stereocenters. The second-order valence-corrected chi connectivity index (χ2v) is 4.01. The van der Waals surface area contributed by atoms with Crippen LogP contribution in [-0.2, 0) is 0 Å². The first-order valence-electron chi connectivity index (χ1n) is 5.05. The Labute approximate surface area is 96.1 Å². The molecule has 0 heterocycles. The van der Waals surface area contributed by atoms with E-state index in [-0.39, 0.29) is 6.04 Å². The lowest BCUT2D eigenvalue weighted by molar-refractivity contribution is 0.545. The SMILES string of the molecule is C=C(CC)CC(NN)c1ccc(Cl)cc1. The molecule has 0 amide bonds. The first-order chi connectivity index (χ1) is 7.17. The fraction of sp³-hybridized carbons (Fsp3) is 0.333. The van der Waals surface area contributed by atoms with Crippen LogP contribution in [0.25, 0.3) is 0 Å². The van der Waals surface area contributed by atoms with E-state index in [2.05, 4.69) is 18.9 Å². The lowest BCUT2D eigenvalue weighted by Gasteiger charge is -2.17. The third kappa shape index (κ3) is 3.67. The van der Waals surface area contributed by atoms with Crippen LogP contribution < -0.4 is 11.3 Å². The van der Waals surface area contributed by atoms with Gasteiger partial charge in [-0.3, -0.25) is 11.3 Å². The quantitative estimate of drug-likeness (QED) is 0.458. The molecule has 0 saturated carbocycles. The third-order valence-electron chi connectivity index (χ3n) is 2.47. The maximum absolute atomic E-state index is 5.82. The number of halogens is 1. The maximum atomic E-state index is 5.82. The largest absolute Gasteiger partial charge is 0.271 e. The molecule has 0 aliphatic carbocycles. The Bertz CT molecular complexity index is 319. The molecule has 82 valence electrons. The van der Waals surface area contributed by atoms with Crippen molar-refractivity contribution in [2.24, 2.45) is 5.84 Å². The number of hydrogen-bond acceptors (Lipinski definition) is 2. The fourth-order valence-corrected chi connectivity index (χ4v) is 1.53. The average Bonchev–Trinajstić information content (AvgIpc) is 2.27. The van der Waals surface area contributed by atoms with Crippen LogP contribution in [0.5, 0.6) is 0 Å². The van der Waals surface area contributed by atoms with Crippen molar-refractivity contribution in [1.82, 2.24) is 5.43 Å². The third-order valence-corrected chi connectivity index (χ3v) is 2.72. The van der Waals surface area contributed by atoms with Gasteiger partial charge in [0.2, 0.25) is 0 Å². The zero-order valence-corrected chi connectivity index (χ0v) is 9.72. The van der Waals surface area contributed by atoms with Crippen molar-refractivity contribution in [3.63, 3.8) is 0 Å². The summed E-state index contributed by atoms with van der Waals surface area (Å²) in [6.45, 7) is 6.08. The molecule has 1 rings (SSSR count). The van der Waals surface area contributed by atoms with E-state index in [0.717, 1.165) is 23.4 Å². The lowest BCUT2D eigenvalue weighted by Crippen LogP contribution is -2.28. The Kier molecular flexibility index (Phi) is 4.82. The van der Waals surface area contributed by atoms with Crippen molar-refractivity contribution in [2.75, 3.05) is 0 Å². The number of nitrogens with two attached hydrogens (primary N) is 1. The van der Waals surface area contributed by atoms with Gasteiger partial charge in [0, 0.05) is 11.1 Å². The van der Waals surface area contributed by atoms with Crippen molar-refractivity contribution in [3.8, 4) is 0 Å². The van der Waals surface area contributed by atoms with Crippen molar-refractivity contribution in [3.05, 3.63) is 47.0 Å². The summed E-state index contributed by atoms with van der Waals surface area (Å²) in [7, 11) is 0. The maximum Gasteiger partial charge on any atom is 0.0496 e. The van der Waals surface area contributed by atoms with Gasteiger partial charge in [-0.25, -0.2) is 0 Å². The van der Waals surface area contributed by atoms with Gasteiger partial charge in [0.1, 0.15) is 0 Å². The van der Waals surface area contributed by atoms with Gasteiger partial charge < -0.3 is 0 Å². The first kappa shape index (κ1) is 12.2. The first-order valence-corrected chi connectivity index (χ1v) is 5.43. The minimum absolute atomic E-state index is 0.120. The molecule has 1 aromatic carbocycles. The topological polar surface area (TPSA) is 38.0 Å². The van der Waals surface area contributed by atoms with E-state index in [9.17, 15) is 0 Å². The normalized spacial score (nSPS) is 12.5. The van der Waals surface area contributed by atoms with E-state index in [1.807, 2.05) is 24.3 Å². The van der Waals surface area contributed by atoms with Gasteiger partial charge in [0.15, 0.2) is 0 Å². The molecule has 3 heteroatoms. The molecular formula is C12H17ClN2. The predicted molar refractivity (Wildman–Crippen MR) is 65.6 cm³/mol. The summed E-state index contributed by atoms with van der Waals surface area (Å²) >= 11 is 5.82. The molecule has 0 saturated heterocycles. The van der Waals surface area contributed by atoms with Crippen molar-refractivity contribution < 1.29 is 0 Å². The molecule has 0 bridgehead atoms. The van der Waals surface area contributed by atoms with Crippen molar-refractivity contribution in [1.29, 1.82) is 0 Å². The van der Waals surface area contributed by atoms with E-state index in [1.165, 1.54) is 5.57 Å². The second kappa shape index (κ2) is 5.91. The van der Waals surface area contributed by atoms with Gasteiger partial charge in [-0.2, -0.15) is 0 Å². The fourth-order valence-electron chi connectivity index (χ4n) is 1.40. The van der Waals surface area contributed by atoms with E-state index in [0.29, 0.717) is 0 Å². The van der Waals surface area contributed by atoms with Gasteiger partial charge in [-0.15, -0.1) is 0 Å². The highest BCUT2D eigenvalue weighted by Gasteiger charge is 2.09. The molecule has 0 fully saturated rings. The smallest absolute Gasteiger partial charge is 0.0496 e. The molecule has 2 nitrogen and oxygen atoms in total. The summed E-state index contributed by atoms with van der Waals surface area (Å²) in [5.74, 6) is 5.52. The number of hydrazine groups is 1. The zero-order chi connectivity index (χ0) is 11.3. The predicted octanol–water partition coefficient (Wildman–Crippen LogP) is 3.20. The molecule has 0 aliphatic rings. The van der Waals surface area contributed by atoms with Crippen molar-refractivity contribution >= 4 is 11.6 Å². The summed E-state index contributed by atoms with van der Waals surface area (Å²) in [5.41, 5.74) is 5.12. The Morgan fingerprint density at radius 1 is 1.47 bits per heavy atom. The van der Waals surface area contributed by atoms with E-state index in [4.69, 9.17) is 17.4 Å². The van der Waals surface area contributed by atoms with E-state index < -0.39 is 0 Å². The summed E-state index contributed by atoms with van der Waals surface area (Å²) < 4.78 is 0. The molecule has 0 aromatic heterocycles. The van der Waals surface area contributed by atoms with Crippen LogP contribution >= 0.6 is 11.6 Å². The monoisotopic (exact) mass is 224 g/mol. The standard InChI is InChI=1S/C12H17ClN2/c1-3-9(2)8-12(15-14)10-4-6-11(13)7-5-10/h4-7,12,15H,2-3,8,14H2,1H3. The minimum Gasteiger partial charge on any atom is -0.271 e. The number of nitrogens with one attached hydrogen (secondary N) is 1. The molecule has 1 aromatic rings. The highest BCUT2D eigenvalue weighted by molar-refractivity contribution is 6.30. The Hall–Kier alpha value is -0.830. The summed E-state index contributed by atoms with van der Waals surface area (Å²) in [6.07, 6.45) is 1.83. The number of hydrogen-bond donors (Lipinski definition) is 2. The lowest BCUT2D eigenvalue weighted by atomic mass is 9.99. The molecule has 15 heavy (non-hydrogen) atoms. The van der Waals surface area contributed by atoms with Crippen LogP contribution in [0.1, 0.15) is 31.4 Å². The molecule has 0 radical (unpaired) electrons. The highest BCUT2D eigenvalue weighted by Crippen LogP contribution is 2.22. The van der Waals surface area contributed by atoms with Crippen molar-refractivity contribution in [2.45, 2.75) is 25.8 Å². The van der Waals surface area contributed by atoms with E-state index >= 15 is 0 Å². The average molecular weight is 225 g/mol. The second-order valence-electron chi connectivity index (χ2n) is 3.58. The molecule has 0 aliphatic heterocycles. The molecule has 0 spiro atoms. The van der Waals surface area contributed by atoms with Gasteiger partial charge in [0.05, 0.1) is 0 Å². The summed E-state index contributed by atoms with van der Waals surface area (Å²) in [4.78, 5) is 0. The van der Waals surface area contributed by atoms with Gasteiger partial charge in [-0.05, 0) is 30.5 Å². The number of benzene rings is 1. The highest BCUT2D eigenvalue weighted by atomic mass is 35.5. The zero-order valence-electron chi connectivity index (χ0n) is 8.96. The minimum atomic E-state index is 0.120. The Balaban J connectivity index is 2.74. The molecule has 3 N–H and O–H groups in total. The van der Waals surface area contributed by atoms with Crippen LogP contribution in [-0.4, -0.2) is 0 Å².